The van der Waals surface area contributed by atoms with E-state index in [0.29, 0.717) is 19.0 Å². The van der Waals surface area contributed by atoms with Crippen molar-refractivity contribution in [1.82, 2.24) is 5.32 Å². The Morgan fingerprint density at radius 2 is 2.17 bits per heavy atom. The molecule has 0 radical (unpaired) electrons. The van der Waals surface area contributed by atoms with Gasteiger partial charge in [0.2, 0.25) is 11.8 Å². The SMILES string of the molecule is O=C(CCC(=O)N1CCSc2ccccc21)NC[C@@H]1CCOC1. The maximum atomic E-state index is 12.4. The number of ether oxygens (including phenoxy) is 1. The van der Waals surface area contributed by atoms with Gasteiger partial charge in [-0.3, -0.25) is 9.59 Å². The lowest BCUT2D eigenvalue weighted by molar-refractivity contribution is -0.125. The van der Waals surface area contributed by atoms with Crippen LogP contribution in [0.15, 0.2) is 29.2 Å². The molecule has 2 aliphatic rings. The van der Waals surface area contributed by atoms with Crippen molar-refractivity contribution in [3.05, 3.63) is 24.3 Å². The molecule has 1 saturated heterocycles. The summed E-state index contributed by atoms with van der Waals surface area (Å²) in [5.74, 6) is 1.29. The highest BCUT2D eigenvalue weighted by Gasteiger charge is 2.23. The molecule has 23 heavy (non-hydrogen) atoms. The van der Waals surface area contributed by atoms with Gasteiger partial charge in [-0.05, 0) is 18.6 Å². The van der Waals surface area contributed by atoms with Crippen LogP contribution in [0.1, 0.15) is 19.3 Å². The summed E-state index contributed by atoms with van der Waals surface area (Å²) in [5.41, 5.74) is 0.970. The molecule has 1 N–H and O–H groups in total. The Hall–Kier alpha value is -1.53. The molecule has 3 rings (SSSR count). The molecular formula is C17H22N2O3S. The zero-order valence-electron chi connectivity index (χ0n) is 13.1. The maximum Gasteiger partial charge on any atom is 0.227 e. The third-order valence-electron chi connectivity index (χ3n) is 4.21. The van der Waals surface area contributed by atoms with E-state index in [9.17, 15) is 9.59 Å². The van der Waals surface area contributed by atoms with Crippen molar-refractivity contribution in [2.45, 2.75) is 24.2 Å². The van der Waals surface area contributed by atoms with Gasteiger partial charge in [0, 0.05) is 49.1 Å². The van der Waals surface area contributed by atoms with E-state index in [4.69, 9.17) is 4.74 Å². The second-order valence-corrected chi connectivity index (χ2v) is 7.03. The molecule has 0 aliphatic carbocycles. The number of benzene rings is 1. The number of rotatable bonds is 5. The second-order valence-electron chi connectivity index (χ2n) is 5.90. The van der Waals surface area contributed by atoms with Gasteiger partial charge < -0.3 is 15.0 Å². The number of amides is 2. The van der Waals surface area contributed by atoms with E-state index in [1.165, 1.54) is 0 Å². The molecule has 124 valence electrons. The smallest absolute Gasteiger partial charge is 0.227 e. The first kappa shape index (κ1) is 16.3. The van der Waals surface area contributed by atoms with Gasteiger partial charge in [0.1, 0.15) is 0 Å². The molecule has 1 atom stereocenters. The Morgan fingerprint density at radius 3 is 3.00 bits per heavy atom. The van der Waals surface area contributed by atoms with Crippen molar-refractivity contribution in [3.63, 3.8) is 0 Å². The van der Waals surface area contributed by atoms with Crippen LogP contribution in [0, 0.1) is 5.92 Å². The summed E-state index contributed by atoms with van der Waals surface area (Å²) in [6, 6.07) is 7.94. The summed E-state index contributed by atoms with van der Waals surface area (Å²) < 4.78 is 5.29. The third-order valence-corrected chi connectivity index (χ3v) is 5.25. The van der Waals surface area contributed by atoms with Crippen LogP contribution in [0.5, 0.6) is 0 Å². The summed E-state index contributed by atoms with van der Waals surface area (Å²) in [6.45, 7) is 2.87. The minimum atomic E-state index is -0.0510. The van der Waals surface area contributed by atoms with Crippen molar-refractivity contribution >= 4 is 29.3 Å². The summed E-state index contributed by atoms with van der Waals surface area (Å²) in [4.78, 5) is 27.3. The quantitative estimate of drug-likeness (QED) is 0.895. The molecule has 5 nitrogen and oxygen atoms in total. The number of para-hydroxylation sites is 1. The van der Waals surface area contributed by atoms with Gasteiger partial charge >= 0.3 is 0 Å². The van der Waals surface area contributed by atoms with Gasteiger partial charge in [-0.25, -0.2) is 0 Å². The van der Waals surface area contributed by atoms with E-state index < -0.39 is 0 Å². The number of thioether (sulfide) groups is 1. The Kier molecular flexibility index (Phi) is 5.56. The fourth-order valence-corrected chi connectivity index (χ4v) is 3.87. The summed E-state index contributed by atoms with van der Waals surface area (Å²) in [5, 5.41) is 2.91. The van der Waals surface area contributed by atoms with Crippen LogP contribution in [0.3, 0.4) is 0 Å². The van der Waals surface area contributed by atoms with Crippen LogP contribution in [0.4, 0.5) is 5.69 Å². The van der Waals surface area contributed by atoms with Crippen LogP contribution in [-0.2, 0) is 14.3 Å². The van der Waals surface area contributed by atoms with E-state index in [1.807, 2.05) is 29.2 Å². The molecule has 2 heterocycles. The number of nitrogens with one attached hydrogen (secondary N) is 1. The molecule has 0 unspecified atom stereocenters. The normalized spacial score (nSPS) is 20.2. The predicted octanol–water partition coefficient (Wildman–Crippen LogP) is 2.06. The summed E-state index contributed by atoms with van der Waals surface area (Å²) in [6.07, 6.45) is 1.51. The Balaban J connectivity index is 1.47. The molecule has 0 spiro atoms. The maximum absolute atomic E-state index is 12.4. The molecular weight excluding hydrogens is 312 g/mol. The van der Waals surface area contributed by atoms with Gasteiger partial charge in [-0.15, -0.1) is 11.8 Å². The van der Waals surface area contributed by atoms with E-state index in [2.05, 4.69) is 5.32 Å². The first-order chi connectivity index (χ1) is 11.2. The average molecular weight is 334 g/mol. The highest BCUT2D eigenvalue weighted by molar-refractivity contribution is 7.99. The lowest BCUT2D eigenvalue weighted by atomic mass is 10.1. The zero-order chi connectivity index (χ0) is 16.1. The van der Waals surface area contributed by atoms with Gasteiger partial charge in [0.15, 0.2) is 0 Å². The molecule has 1 aromatic carbocycles. The molecule has 6 heteroatoms. The van der Waals surface area contributed by atoms with Gasteiger partial charge in [-0.2, -0.15) is 0 Å². The molecule has 0 saturated carbocycles. The van der Waals surface area contributed by atoms with Crippen LogP contribution in [-0.4, -0.2) is 43.9 Å². The van der Waals surface area contributed by atoms with Crippen molar-refractivity contribution in [2.24, 2.45) is 5.92 Å². The average Bonchev–Trinajstić information content (AvgIpc) is 3.11. The van der Waals surface area contributed by atoms with Crippen molar-refractivity contribution < 1.29 is 14.3 Å². The van der Waals surface area contributed by atoms with Crippen LogP contribution >= 0.6 is 11.8 Å². The minimum Gasteiger partial charge on any atom is -0.381 e. The highest BCUT2D eigenvalue weighted by atomic mass is 32.2. The van der Waals surface area contributed by atoms with Crippen molar-refractivity contribution in [3.8, 4) is 0 Å². The van der Waals surface area contributed by atoms with E-state index in [0.717, 1.165) is 36.0 Å². The molecule has 1 fully saturated rings. The largest absolute Gasteiger partial charge is 0.381 e. The number of fused-ring (bicyclic) bond motifs is 1. The van der Waals surface area contributed by atoms with Crippen LogP contribution in [0.2, 0.25) is 0 Å². The number of hydrogen-bond acceptors (Lipinski definition) is 4. The van der Waals surface area contributed by atoms with E-state index in [-0.39, 0.29) is 24.7 Å². The molecule has 0 aromatic heterocycles. The standard InChI is InChI=1S/C17H22N2O3S/c20-16(18-11-13-7-9-22-12-13)5-6-17(21)19-8-10-23-15-4-2-1-3-14(15)19/h1-4,13H,5-12H2,(H,18,20)/t13-/m0/s1. The van der Waals surface area contributed by atoms with Gasteiger partial charge in [0.05, 0.1) is 12.3 Å². The molecule has 2 amide bonds. The van der Waals surface area contributed by atoms with Crippen molar-refractivity contribution in [1.29, 1.82) is 0 Å². The minimum absolute atomic E-state index is 0.0251. The lowest BCUT2D eigenvalue weighted by Crippen LogP contribution is -2.36. The number of anilines is 1. The predicted molar refractivity (Wildman–Crippen MR) is 90.7 cm³/mol. The monoisotopic (exact) mass is 334 g/mol. The molecule has 0 bridgehead atoms. The topological polar surface area (TPSA) is 58.6 Å². The van der Waals surface area contributed by atoms with Crippen LogP contribution < -0.4 is 10.2 Å². The first-order valence-corrected chi connectivity index (χ1v) is 9.09. The summed E-state index contributed by atoms with van der Waals surface area (Å²) in [7, 11) is 0. The van der Waals surface area contributed by atoms with Gasteiger partial charge in [0.25, 0.3) is 0 Å². The Bertz CT molecular complexity index is 573. The van der Waals surface area contributed by atoms with Crippen LogP contribution in [0.25, 0.3) is 0 Å². The van der Waals surface area contributed by atoms with Gasteiger partial charge in [-0.1, -0.05) is 12.1 Å². The zero-order valence-corrected chi connectivity index (χ0v) is 13.9. The van der Waals surface area contributed by atoms with E-state index in [1.54, 1.807) is 11.8 Å². The lowest BCUT2D eigenvalue weighted by Gasteiger charge is -2.29. The second kappa shape index (κ2) is 7.84. The number of hydrogen-bond donors (Lipinski definition) is 1. The fourth-order valence-electron chi connectivity index (χ4n) is 2.87. The molecule has 2 aliphatic heterocycles. The summed E-state index contributed by atoms with van der Waals surface area (Å²) >= 11 is 1.77. The molecule has 1 aromatic rings. The fraction of sp³-hybridized carbons (Fsp3) is 0.529. The third kappa shape index (κ3) is 4.26. The van der Waals surface area contributed by atoms with E-state index >= 15 is 0 Å². The Labute approximate surface area is 140 Å². The number of carbonyl (C=O) groups excluding carboxylic acids is 2. The first-order valence-electron chi connectivity index (χ1n) is 8.10. The highest BCUT2D eigenvalue weighted by Crippen LogP contribution is 2.34. The number of nitrogens with zero attached hydrogens (tertiary/aromatic N) is 1. The number of carbonyl (C=O) groups is 2. The van der Waals surface area contributed by atoms with Crippen molar-refractivity contribution in [2.75, 3.05) is 37.0 Å². The Morgan fingerprint density at radius 1 is 1.30 bits per heavy atom.